The lowest BCUT2D eigenvalue weighted by molar-refractivity contribution is 0.0801. The fourth-order valence-corrected chi connectivity index (χ4v) is 2.83. The van der Waals surface area contributed by atoms with Gasteiger partial charge in [0.25, 0.3) is 0 Å². The molecule has 118 valence electrons. The number of benzene rings is 1. The van der Waals surface area contributed by atoms with Crippen LogP contribution in [-0.2, 0) is 17.6 Å². The number of rotatable bonds is 8. The molecule has 0 heterocycles. The lowest BCUT2D eigenvalue weighted by Crippen LogP contribution is -2.36. The molecule has 0 spiro atoms. The minimum absolute atomic E-state index is 0.0652. The molecule has 0 fully saturated rings. The molecule has 1 N–H and O–H groups in total. The molecule has 0 aromatic heterocycles. The van der Waals surface area contributed by atoms with Crippen molar-refractivity contribution in [3.63, 3.8) is 0 Å². The fraction of sp³-hybridized carbons (Fsp3) is 0.667. The Morgan fingerprint density at radius 1 is 1.10 bits per heavy atom. The summed E-state index contributed by atoms with van der Waals surface area (Å²) in [4.78, 5) is 0. The summed E-state index contributed by atoms with van der Waals surface area (Å²) in [6.07, 6.45) is 5.09. The van der Waals surface area contributed by atoms with E-state index < -0.39 is 0 Å². The molecule has 0 saturated heterocycles. The number of methoxy groups -OCH3 is 1. The monoisotopic (exact) mass is 291 g/mol. The molecule has 2 rings (SSSR count). The number of ether oxygens (including phenoxy) is 2. The van der Waals surface area contributed by atoms with Gasteiger partial charge in [-0.15, -0.1) is 0 Å². The van der Waals surface area contributed by atoms with Crippen LogP contribution in [-0.4, -0.2) is 32.9 Å². The quantitative estimate of drug-likeness (QED) is 0.798. The largest absolute Gasteiger partial charge is 0.487 e. The molecule has 1 aliphatic carbocycles. The van der Waals surface area contributed by atoms with Crippen molar-refractivity contribution in [3.05, 3.63) is 29.3 Å². The van der Waals surface area contributed by atoms with Crippen molar-refractivity contribution >= 4 is 0 Å². The number of hydrogen-bond donors (Lipinski definition) is 1. The average Bonchev–Trinajstić information content (AvgIpc) is 2.47. The van der Waals surface area contributed by atoms with E-state index >= 15 is 0 Å². The van der Waals surface area contributed by atoms with Crippen molar-refractivity contribution in [3.8, 4) is 5.75 Å². The van der Waals surface area contributed by atoms with Gasteiger partial charge in [-0.05, 0) is 61.4 Å². The number of aryl methyl sites for hydroxylation is 2. The average molecular weight is 291 g/mol. The molecule has 0 bridgehead atoms. The Morgan fingerprint density at radius 3 is 2.57 bits per heavy atom. The van der Waals surface area contributed by atoms with E-state index in [2.05, 4.69) is 37.4 Å². The van der Waals surface area contributed by atoms with E-state index in [1.807, 2.05) is 0 Å². The van der Waals surface area contributed by atoms with E-state index in [-0.39, 0.29) is 6.10 Å². The zero-order chi connectivity index (χ0) is 15.1. The first kappa shape index (κ1) is 16.3. The summed E-state index contributed by atoms with van der Waals surface area (Å²) in [5.74, 6) is 1.63. The molecule has 3 nitrogen and oxygen atoms in total. The van der Waals surface area contributed by atoms with Crippen LogP contribution in [0.1, 0.15) is 37.8 Å². The third-order valence-corrected chi connectivity index (χ3v) is 3.90. The second-order valence-electron chi connectivity index (χ2n) is 6.38. The predicted molar refractivity (Wildman–Crippen MR) is 87.1 cm³/mol. The van der Waals surface area contributed by atoms with Gasteiger partial charge in [0, 0.05) is 13.7 Å². The Labute approximate surface area is 129 Å². The SMILES string of the molecule is COCC(CNCC(C)C)Oc1ccc2c(c1)CCCC2. The molecule has 1 aromatic rings. The molecule has 21 heavy (non-hydrogen) atoms. The van der Waals surface area contributed by atoms with Gasteiger partial charge >= 0.3 is 0 Å². The molecule has 1 unspecified atom stereocenters. The van der Waals surface area contributed by atoms with Gasteiger partial charge in [0.15, 0.2) is 0 Å². The summed E-state index contributed by atoms with van der Waals surface area (Å²) in [6.45, 7) is 6.87. The third-order valence-electron chi connectivity index (χ3n) is 3.90. The van der Waals surface area contributed by atoms with Gasteiger partial charge in [-0.3, -0.25) is 0 Å². The van der Waals surface area contributed by atoms with Crippen molar-refractivity contribution in [1.82, 2.24) is 5.32 Å². The maximum absolute atomic E-state index is 6.12. The minimum atomic E-state index is 0.0652. The van der Waals surface area contributed by atoms with E-state index in [0.717, 1.165) is 18.8 Å². The first-order chi connectivity index (χ1) is 10.2. The van der Waals surface area contributed by atoms with Gasteiger partial charge in [0.05, 0.1) is 6.61 Å². The highest BCUT2D eigenvalue weighted by atomic mass is 16.5. The molecule has 0 saturated carbocycles. The van der Waals surface area contributed by atoms with Crippen LogP contribution >= 0.6 is 0 Å². The highest BCUT2D eigenvalue weighted by Gasteiger charge is 2.14. The predicted octanol–water partition coefficient (Wildman–Crippen LogP) is 3.20. The van der Waals surface area contributed by atoms with Crippen molar-refractivity contribution in [2.75, 3.05) is 26.8 Å². The van der Waals surface area contributed by atoms with Crippen LogP contribution in [0, 0.1) is 5.92 Å². The maximum atomic E-state index is 6.12. The number of hydrogen-bond acceptors (Lipinski definition) is 3. The molecule has 1 aliphatic rings. The van der Waals surface area contributed by atoms with Crippen molar-refractivity contribution < 1.29 is 9.47 Å². The molecule has 3 heteroatoms. The van der Waals surface area contributed by atoms with E-state index in [1.165, 1.54) is 36.8 Å². The molecular weight excluding hydrogens is 262 g/mol. The maximum Gasteiger partial charge on any atom is 0.134 e. The van der Waals surface area contributed by atoms with Gasteiger partial charge in [0.2, 0.25) is 0 Å². The lowest BCUT2D eigenvalue weighted by Gasteiger charge is -2.22. The fourth-order valence-electron chi connectivity index (χ4n) is 2.83. The standard InChI is InChI=1S/C18H29NO2/c1-14(2)11-19-12-18(13-20-3)21-17-9-8-15-6-4-5-7-16(15)10-17/h8-10,14,18-19H,4-7,11-13H2,1-3H3. The summed E-state index contributed by atoms with van der Waals surface area (Å²) in [6, 6.07) is 6.56. The van der Waals surface area contributed by atoms with E-state index in [0.29, 0.717) is 12.5 Å². The Hall–Kier alpha value is -1.06. The summed E-state index contributed by atoms with van der Waals surface area (Å²) in [5, 5.41) is 3.45. The van der Waals surface area contributed by atoms with Crippen molar-refractivity contribution in [2.45, 2.75) is 45.6 Å². The second-order valence-corrected chi connectivity index (χ2v) is 6.38. The van der Waals surface area contributed by atoms with Crippen LogP contribution in [0.15, 0.2) is 18.2 Å². The Kier molecular flexibility index (Phi) is 6.52. The molecule has 1 aromatic carbocycles. The zero-order valence-electron chi connectivity index (χ0n) is 13.7. The molecule has 0 aliphatic heterocycles. The van der Waals surface area contributed by atoms with Crippen LogP contribution in [0.3, 0.4) is 0 Å². The zero-order valence-corrected chi connectivity index (χ0v) is 13.7. The van der Waals surface area contributed by atoms with Crippen LogP contribution in [0.4, 0.5) is 0 Å². The summed E-state index contributed by atoms with van der Waals surface area (Å²) < 4.78 is 11.4. The lowest BCUT2D eigenvalue weighted by atomic mass is 9.92. The van der Waals surface area contributed by atoms with Gasteiger partial charge in [0.1, 0.15) is 11.9 Å². The van der Waals surface area contributed by atoms with Crippen molar-refractivity contribution in [1.29, 1.82) is 0 Å². The number of nitrogens with one attached hydrogen (secondary N) is 1. The normalized spacial score (nSPS) is 15.8. The van der Waals surface area contributed by atoms with E-state index in [9.17, 15) is 0 Å². The molecule has 0 amide bonds. The first-order valence-electron chi connectivity index (χ1n) is 8.17. The van der Waals surface area contributed by atoms with Gasteiger partial charge in [-0.25, -0.2) is 0 Å². The van der Waals surface area contributed by atoms with Crippen LogP contribution in [0.25, 0.3) is 0 Å². The second kappa shape index (κ2) is 8.40. The first-order valence-corrected chi connectivity index (χ1v) is 8.17. The minimum Gasteiger partial charge on any atom is -0.487 e. The van der Waals surface area contributed by atoms with Crippen molar-refractivity contribution in [2.24, 2.45) is 5.92 Å². The van der Waals surface area contributed by atoms with E-state index in [4.69, 9.17) is 9.47 Å². The van der Waals surface area contributed by atoms with Gasteiger partial charge in [-0.1, -0.05) is 19.9 Å². The molecular formula is C18H29NO2. The van der Waals surface area contributed by atoms with Crippen LogP contribution < -0.4 is 10.1 Å². The third kappa shape index (κ3) is 5.33. The van der Waals surface area contributed by atoms with Gasteiger partial charge < -0.3 is 14.8 Å². The summed E-state index contributed by atoms with van der Waals surface area (Å²) in [5.41, 5.74) is 2.96. The Morgan fingerprint density at radius 2 is 1.86 bits per heavy atom. The highest BCUT2D eigenvalue weighted by Crippen LogP contribution is 2.25. The van der Waals surface area contributed by atoms with E-state index in [1.54, 1.807) is 7.11 Å². The topological polar surface area (TPSA) is 30.5 Å². The van der Waals surface area contributed by atoms with Crippen LogP contribution in [0.5, 0.6) is 5.75 Å². The van der Waals surface area contributed by atoms with Gasteiger partial charge in [-0.2, -0.15) is 0 Å². The smallest absolute Gasteiger partial charge is 0.134 e. The highest BCUT2D eigenvalue weighted by molar-refractivity contribution is 5.37. The summed E-state index contributed by atoms with van der Waals surface area (Å²) >= 11 is 0. The molecule has 0 radical (unpaired) electrons. The van der Waals surface area contributed by atoms with Crippen LogP contribution in [0.2, 0.25) is 0 Å². The summed E-state index contributed by atoms with van der Waals surface area (Å²) in [7, 11) is 1.73. The number of fused-ring (bicyclic) bond motifs is 1. The molecule has 1 atom stereocenters. The Bertz CT molecular complexity index is 431. The Balaban J connectivity index is 1.92.